The fourth-order valence-corrected chi connectivity index (χ4v) is 2.18. The highest BCUT2D eigenvalue weighted by Gasteiger charge is 2.20. The molecule has 114 valence electrons. The van der Waals surface area contributed by atoms with Crippen molar-refractivity contribution in [2.75, 3.05) is 0 Å². The summed E-state index contributed by atoms with van der Waals surface area (Å²) in [7, 11) is 0. The highest BCUT2D eigenvalue weighted by atomic mass is 19.1. The molecule has 0 aliphatic heterocycles. The van der Waals surface area contributed by atoms with Gasteiger partial charge in [0.15, 0.2) is 11.2 Å². The van der Waals surface area contributed by atoms with Crippen LogP contribution in [-0.2, 0) is 0 Å². The third kappa shape index (κ3) is 2.22. The van der Waals surface area contributed by atoms with Crippen molar-refractivity contribution < 1.29 is 9.18 Å². The minimum absolute atomic E-state index is 0.0416. The van der Waals surface area contributed by atoms with Gasteiger partial charge < -0.3 is 10.3 Å². The van der Waals surface area contributed by atoms with Crippen LogP contribution in [0.3, 0.4) is 0 Å². The first kappa shape index (κ1) is 14.2. The Kier molecular flexibility index (Phi) is 3.36. The Morgan fingerprint density at radius 1 is 1.50 bits per heavy atom. The van der Waals surface area contributed by atoms with Crippen molar-refractivity contribution in [1.82, 2.24) is 25.1 Å². The first-order valence-corrected chi connectivity index (χ1v) is 6.89. The summed E-state index contributed by atoms with van der Waals surface area (Å²) in [5.41, 5.74) is 0.201. The van der Waals surface area contributed by atoms with Crippen molar-refractivity contribution in [3.63, 3.8) is 0 Å². The van der Waals surface area contributed by atoms with Crippen molar-refractivity contribution in [2.24, 2.45) is 0 Å². The molecule has 7 nitrogen and oxygen atoms in total. The molecule has 2 N–H and O–H groups in total. The molecule has 0 saturated carbocycles. The minimum Gasteiger partial charge on any atom is -0.348 e. The molecular formula is C14H14FN5O2. The van der Waals surface area contributed by atoms with Crippen molar-refractivity contribution >= 4 is 22.5 Å². The molecule has 1 unspecified atom stereocenters. The summed E-state index contributed by atoms with van der Waals surface area (Å²) in [5, 5.41) is 10.4. The Morgan fingerprint density at radius 2 is 2.27 bits per heavy atom. The molecule has 0 fully saturated rings. The van der Waals surface area contributed by atoms with Crippen LogP contribution < -0.4 is 10.9 Å². The van der Waals surface area contributed by atoms with Gasteiger partial charge in [0.2, 0.25) is 0 Å². The number of hydrogen-bond donors (Lipinski definition) is 2. The van der Waals surface area contributed by atoms with E-state index in [-0.39, 0.29) is 22.8 Å². The molecule has 0 aliphatic rings. The van der Waals surface area contributed by atoms with Gasteiger partial charge in [-0.1, -0.05) is 12.1 Å². The van der Waals surface area contributed by atoms with E-state index in [2.05, 4.69) is 20.6 Å². The van der Waals surface area contributed by atoms with Gasteiger partial charge in [0.1, 0.15) is 5.82 Å². The van der Waals surface area contributed by atoms with E-state index in [1.54, 1.807) is 0 Å². The predicted octanol–water partition coefficient (Wildman–Crippen LogP) is 1.24. The Morgan fingerprint density at radius 3 is 3.00 bits per heavy atom. The quantitative estimate of drug-likeness (QED) is 0.761. The van der Waals surface area contributed by atoms with Crippen molar-refractivity contribution in [3.05, 3.63) is 40.1 Å². The molecule has 0 bridgehead atoms. The van der Waals surface area contributed by atoms with Gasteiger partial charge in [0.05, 0.1) is 11.0 Å². The standard InChI is InChI=1S/C14H14FN5O2/c1-3-7(2)16-13(21)11-12-14(22)17-9-6-8(15)4-5-10(9)20(12)19-18-11/h4-7H,3H2,1-2H3,(H,16,21)(H,17,22). The van der Waals surface area contributed by atoms with Gasteiger partial charge in [-0.25, -0.2) is 8.91 Å². The van der Waals surface area contributed by atoms with E-state index >= 15 is 0 Å². The molecule has 1 atom stereocenters. The number of rotatable bonds is 3. The molecule has 3 aromatic rings. The van der Waals surface area contributed by atoms with Gasteiger partial charge >= 0.3 is 0 Å². The number of carbonyl (C=O) groups excluding carboxylic acids is 1. The molecule has 2 heterocycles. The van der Waals surface area contributed by atoms with Crippen molar-refractivity contribution in [3.8, 4) is 0 Å². The molecule has 3 rings (SSSR count). The molecule has 1 aromatic carbocycles. The molecular weight excluding hydrogens is 289 g/mol. The molecule has 0 radical (unpaired) electrons. The van der Waals surface area contributed by atoms with Crippen LogP contribution in [0.5, 0.6) is 0 Å². The minimum atomic E-state index is -0.544. The largest absolute Gasteiger partial charge is 0.348 e. The predicted molar refractivity (Wildman–Crippen MR) is 78.3 cm³/mol. The number of nitrogens with one attached hydrogen (secondary N) is 2. The summed E-state index contributed by atoms with van der Waals surface area (Å²) in [4.78, 5) is 26.9. The molecule has 2 aromatic heterocycles. The molecule has 22 heavy (non-hydrogen) atoms. The Labute approximate surface area is 124 Å². The third-order valence-corrected chi connectivity index (χ3v) is 3.53. The first-order valence-electron chi connectivity index (χ1n) is 6.89. The maximum atomic E-state index is 13.3. The van der Waals surface area contributed by atoms with E-state index in [9.17, 15) is 14.0 Å². The number of amides is 1. The van der Waals surface area contributed by atoms with E-state index in [0.29, 0.717) is 5.52 Å². The fraction of sp³-hybridized carbons (Fsp3) is 0.286. The van der Waals surface area contributed by atoms with Crippen LogP contribution in [0, 0.1) is 5.82 Å². The zero-order valence-electron chi connectivity index (χ0n) is 12.1. The highest BCUT2D eigenvalue weighted by Crippen LogP contribution is 2.14. The summed E-state index contributed by atoms with van der Waals surface area (Å²) in [6.45, 7) is 3.79. The molecule has 0 aliphatic carbocycles. The first-order chi connectivity index (χ1) is 10.5. The molecule has 0 spiro atoms. The van der Waals surface area contributed by atoms with Crippen LogP contribution in [0.15, 0.2) is 23.0 Å². The number of hydrogen-bond acceptors (Lipinski definition) is 4. The van der Waals surface area contributed by atoms with Gasteiger partial charge in [-0.3, -0.25) is 9.59 Å². The van der Waals surface area contributed by atoms with E-state index in [0.717, 1.165) is 6.42 Å². The highest BCUT2D eigenvalue weighted by molar-refractivity contribution is 5.99. The second kappa shape index (κ2) is 5.21. The monoisotopic (exact) mass is 303 g/mol. The second-order valence-electron chi connectivity index (χ2n) is 5.10. The lowest BCUT2D eigenvalue weighted by Crippen LogP contribution is -2.33. The summed E-state index contributed by atoms with van der Waals surface area (Å²) in [6.07, 6.45) is 0.753. The van der Waals surface area contributed by atoms with Crippen molar-refractivity contribution in [2.45, 2.75) is 26.3 Å². The maximum Gasteiger partial charge on any atom is 0.277 e. The van der Waals surface area contributed by atoms with Gasteiger partial charge in [-0.2, -0.15) is 0 Å². The number of H-pyrrole nitrogens is 1. The van der Waals surface area contributed by atoms with Crippen LogP contribution in [0.2, 0.25) is 0 Å². The average Bonchev–Trinajstić information content (AvgIpc) is 2.92. The van der Waals surface area contributed by atoms with E-state index < -0.39 is 17.3 Å². The maximum absolute atomic E-state index is 13.3. The molecule has 0 saturated heterocycles. The molecule has 1 amide bonds. The van der Waals surface area contributed by atoms with Crippen LogP contribution in [-0.4, -0.2) is 31.8 Å². The number of carbonyl (C=O) groups is 1. The lowest BCUT2D eigenvalue weighted by molar-refractivity contribution is 0.0935. The lowest BCUT2D eigenvalue weighted by atomic mass is 10.2. The summed E-state index contributed by atoms with van der Waals surface area (Å²) in [6, 6.07) is 3.87. The van der Waals surface area contributed by atoms with E-state index in [1.807, 2.05) is 13.8 Å². The number of aromatic nitrogens is 4. The summed E-state index contributed by atoms with van der Waals surface area (Å²) < 4.78 is 14.5. The zero-order chi connectivity index (χ0) is 15.9. The van der Waals surface area contributed by atoms with Crippen molar-refractivity contribution in [1.29, 1.82) is 0 Å². The summed E-state index contributed by atoms with van der Waals surface area (Å²) >= 11 is 0. The molecule has 8 heteroatoms. The Balaban J connectivity index is 2.21. The van der Waals surface area contributed by atoms with Gasteiger partial charge in [0.25, 0.3) is 11.5 Å². The van der Waals surface area contributed by atoms with Gasteiger partial charge in [0, 0.05) is 6.04 Å². The average molecular weight is 303 g/mol. The smallest absolute Gasteiger partial charge is 0.277 e. The number of aromatic amines is 1. The topological polar surface area (TPSA) is 92.2 Å². The SMILES string of the molecule is CCC(C)NC(=O)c1nnn2c1c(=O)[nH]c1cc(F)ccc12. The second-order valence-corrected chi connectivity index (χ2v) is 5.10. The fourth-order valence-electron chi connectivity index (χ4n) is 2.18. The van der Waals surface area contributed by atoms with E-state index in [1.165, 1.54) is 22.7 Å². The Hall–Kier alpha value is -2.77. The lowest BCUT2D eigenvalue weighted by Gasteiger charge is -2.09. The normalized spacial score (nSPS) is 12.7. The third-order valence-electron chi connectivity index (χ3n) is 3.53. The van der Waals surface area contributed by atoms with Crippen LogP contribution in [0.4, 0.5) is 4.39 Å². The van der Waals surface area contributed by atoms with E-state index in [4.69, 9.17) is 0 Å². The number of benzene rings is 1. The summed E-state index contributed by atoms with van der Waals surface area (Å²) in [5.74, 6) is -0.936. The number of fused-ring (bicyclic) bond motifs is 3. The van der Waals surface area contributed by atoms with Crippen LogP contribution in [0.1, 0.15) is 30.8 Å². The number of halogens is 1. The van der Waals surface area contributed by atoms with Gasteiger partial charge in [-0.15, -0.1) is 5.10 Å². The zero-order valence-corrected chi connectivity index (χ0v) is 12.1. The number of nitrogens with zero attached hydrogens (tertiary/aromatic N) is 3. The van der Waals surface area contributed by atoms with Crippen LogP contribution in [0.25, 0.3) is 16.6 Å². The van der Waals surface area contributed by atoms with Crippen LogP contribution >= 0.6 is 0 Å². The Bertz CT molecular complexity index is 930. The van der Waals surface area contributed by atoms with Gasteiger partial charge in [-0.05, 0) is 31.5 Å².